The topological polar surface area (TPSA) is 91.2 Å². The minimum Gasteiger partial charge on any atom is -0.448 e. The maximum Gasteiger partial charge on any atom is 0.414 e. The number of aryl methyl sites for hydroxylation is 1. The van der Waals surface area contributed by atoms with Crippen molar-refractivity contribution >= 4 is 5.91 Å². The lowest BCUT2D eigenvalue weighted by atomic mass is 9.85. The summed E-state index contributed by atoms with van der Waals surface area (Å²) < 4.78 is 11.1. The summed E-state index contributed by atoms with van der Waals surface area (Å²) in [5.74, 6) is 0.155. The zero-order valence-electron chi connectivity index (χ0n) is 13.8. The van der Waals surface area contributed by atoms with Crippen molar-refractivity contribution < 1.29 is 13.9 Å². The van der Waals surface area contributed by atoms with E-state index in [0.29, 0.717) is 18.9 Å². The number of aromatic nitrogens is 2. The lowest BCUT2D eigenvalue weighted by molar-refractivity contribution is -0.120. The van der Waals surface area contributed by atoms with Crippen LogP contribution in [0, 0.1) is 12.3 Å². The number of ether oxygens (including phenoxy) is 1. The second kappa shape index (κ2) is 7.26. The first-order chi connectivity index (χ1) is 10.9. The number of nitrogens with zero attached hydrogens (tertiary/aromatic N) is 2. The SMILES string of the molecule is CC[C@](C)(COc1nnc(Cc2cccc(C)c2)o1)CC(N)=O. The van der Waals surface area contributed by atoms with Gasteiger partial charge in [-0.2, -0.15) is 0 Å². The molecule has 2 aromatic rings. The number of carbonyl (C=O) groups excluding carboxylic acids is 1. The van der Waals surface area contributed by atoms with Crippen molar-refractivity contribution in [2.24, 2.45) is 11.1 Å². The van der Waals surface area contributed by atoms with Crippen LogP contribution in [0.15, 0.2) is 28.7 Å². The summed E-state index contributed by atoms with van der Waals surface area (Å²) in [7, 11) is 0. The van der Waals surface area contributed by atoms with E-state index in [0.717, 1.165) is 12.0 Å². The van der Waals surface area contributed by atoms with Crippen LogP contribution in [-0.4, -0.2) is 22.7 Å². The molecule has 0 aliphatic heterocycles. The lowest BCUT2D eigenvalue weighted by Crippen LogP contribution is -2.30. The van der Waals surface area contributed by atoms with Crippen LogP contribution in [0.25, 0.3) is 0 Å². The van der Waals surface area contributed by atoms with Gasteiger partial charge in [-0.05, 0) is 18.9 Å². The van der Waals surface area contributed by atoms with Gasteiger partial charge < -0.3 is 14.9 Å². The first-order valence-corrected chi connectivity index (χ1v) is 7.69. The van der Waals surface area contributed by atoms with Crippen LogP contribution in [0.4, 0.5) is 0 Å². The van der Waals surface area contributed by atoms with Crippen LogP contribution in [0.3, 0.4) is 0 Å². The highest BCUT2D eigenvalue weighted by molar-refractivity contribution is 5.74. The average Bonchev–Trinajstić information content (AvgIpc) is 2.92. The molecule has 1 atom stereocenters. The molecular formula is C17H23N3O3. The zero-order chi connectivity index (χ0) is 16.9. The summed E-state index contributed by atoms with van der Waals surface area (Å²) in [5.41, 5.74) is 7.23. The smallest absolute Gasteiger partial charge is 0.414 e. The number of carbonyl (C=O) groups is 1. The maximum atomic E-state index is 11.1. The third kappa shape index (κ3) is 5.09. The number of rotatable bonds is 8. The van der Waals surface area contributed by atoms with Crippen molar-refractivity contribution in [3.8, 4) is 6.08 Å². The van der Waals surface area contributed by atoms with E-state index in [-0.39, 0.29) is 23.8 Å². The minimum atomic E-state index is -0.344. The summed E-state index contributed by atoms with van der Waals surface area (Å²) in [6.07, 6.45) is 1.70. The molecule has 6 heteroatoms. The molecule has 0 bridgehead atoms. The molecule has 1 amide bonds. The first kappa shape index (κ1) is 17.0. The summed E-state index contributed by atoms with van der Waals surface area (Å²) in [6, 6.07) is 8.12. The molecule has 2 N–H and O–H groups in total. The molecule has 0 saturated carbocycles. The van der Waals surface area contributed by atoms with Gasteiger partial charge in [0, 0.05) is 11.8 Å². The molecule has 23 heavy (non-hydrogen) atoms. The molecule has 1 aromatic carbocycles. The standard InChI is InChI=1S/C17H23N3O3/c1-4-17(3,10-14(18)21)11-22-16-20-19-15(23-16)9-13-7-5-6-12(2)8-13/h5-8H,4,9-11H2,1-3H3,(H2,18,21)/t17-/m0/s1. The largest absolute Gasteiger partial charge is 0.448 e. The maximum absolute atomic E-state index is 11.1. The third-order valence-electron chi connectivity index (χ3n) is 3.88. The Morgan fingerprint density at radius 1 is 1.39 bits per heavy atom. The van der Waals surface area contributed by atoms with Gasteiger partial charge in [-0.3, -0.25) is 4.79 Å². The highest BCUT2D eigenvalue weighted by Crippen LogP contribution is 2.26. The lowest BCUT2D eigenvalue weighted by Gasteiger charge is -2.25. The molecule has 0 aliphatic rings. The fourth-order valence-corrected chi connectivity index (χ4v) is 2.30. The molecule has 1 aromatic heterocycles. The highest BCUT2D eigenvalue weighted by atomic mass is 16.6. The van der Waals surface area contributed by atoms with Crippen molar-refractivity contribution in [2.75, 3.05) is 6.61 Å². The Morgan fingerprint density at radius 3 is 2.83 bits per heavy atom. The molecule has 1 heterocycles. The van der Waals surface area contributed by atoms with Gasteiger partial charge in [0.05, 0.1) is 13.0 Å². The van der Waals surface area contributed by atoms with Gasteiger partial charge >= 0.3 is 6.08 Å². The number of benzene rings is 1. The molecule has 0 spiro atoms. The summed E-state index contributed by atoms with van der Waals surface area (Å²) in [4.78, 5) is 11.1. The fraction of sp³-hybridized carbons (Fsp3) is 0.471. The fourth-order valence-electron chi connectivity index (χ4n) is 2.30. The Labute approximate surface area is 136 Å². The van der Waals surface area contributed by atoms with E-state index in [1.165, 1.54) is 5.56 Å². The van der Waals surface area contributed by atoms with Crippen LogP contribution < -0.4 is 10.5 Å². The average molecular weight is 317 g/mol. The van der Waals surface area contributed by atoms with E-state index in [9.17, 15) is 4.79 Å². The van der Waals surface area contributed by atoms with E-state index < -0.39 is 0 Å². The second-order valence-electron chi connectivity index (χ2n) is 6.22. The monoisotopic (exact) mass is 317 g/mol. The Hall–Kier alpha value is -2.37. The predicted molar refractivity (Wildman–Crippen MR) is 86.0 cm³/mol. The van der Waals surface area contributed by atoms with Crippen LogP contribution in [0.2, 0.25) is 0 Å². The van der Waals surface area contributed by atoms with Gasteiger partial charge in [-0.25, -0.2) is 0 Å². The molecule has 0 radical (unpaired) electrons. The Bertz CT molecular complexity index is 669. The molecule has 0 saturated heterocycles. The van der Waals surface area contributed by atoms with Gasteiger partial charge in [0.15, 0.2) is 0 Å². The molecule has 0 aliphatic carbocycles. The van der Waals surface area contributed by atoms with Gasteiger partial charge in [-0.15, -0.1) is 5.10 Å². The van der Waals surface area contributed by atoms with E-state index >= 15 is 0 Å². The normalized spacial score (nSPS) is 13.5. The predicted octanol–water partition coefficient (Wildman–Crippen LogP) is 2.64. The molecule has 2 rings (SSSR count). The van der Waals surface area contributed by atoms with Gasteiger partial charge in [0.2, 0.25) is 11.8 Å². The Morgan fingerprint density at radius 2 is 2.17 bits per heavy atom. The number of hydrogen-bond acceptors (Lipinski definition) is 5. The Kier molecular flexibility index (Phi) is 5.36. The number of nitrogens with two attached hydrogens (primary N) is 1. The van der Waals surface area contributed by atoms with Crippen molar-refractivity contribution in [3.63, 3.8) is 0 Å². The van der Waals surface area contributed by atoms with E-state index in [1.807, 2.05) is 39.0 Å². The third-order valence-corrected chi connectivity index (χ3v) is 3.88. The van der Waals surface area contributed by atoms with Crippen LogP contribution in [-0.2, 0) is 11.2 Å². The number of hydrogen-bond donors (Lipinski definition) is 1. The van der Waals surface area contributed by atoms with E-state index in [1.54, 1.807) is 0 Å². The summed E-state index contributed by atoms with van der Waals surface area (Å²) >= 11 is 0. The molecule has 124 valence electrons. The van der Waals surface area contributed by atoms with E-state index in [4.69, 9.17) is 14.9 Å². The molecular weight excluding hydrogens is 294 g/mol. The van der Waals surface area contributed by atoms with Crippen molar-refractivity contribution in [2.45, 2.75) is 40.0 Å². The molecule has 6 nitrogen and oxygen atoms in total. The van der Waals surface area contributed by atoms with E-state index in [2.05, 4.69) is 16.3 Å². The number of amides is 1. The Balaban J connectivity index is 1.95. The summed E-state index contributed by atoms with van der Waals surface area (Å²) in [6.45, 7) is 6.28. The van der Waals surface area contributed by atoms with Gasteiger partial charge in [0.1, 0.15) is 0 Å². The summed E-state index contributed by atoms with van der Waals surface area (Å²) in [5, 5.41) is 7.89. The number of primary amides is 1. The first-order valence-electron chi connectivity index (χ1n) is 7.69. The van der Waals surface area contributed by atoms with Crippen LogP contribution in [0.5, 0.6) is 6.08 Å². The quantitative estimate of drug-likeness (QED) is 0.808. The van der Waals surface area contributed by atoms with Gasteiger partial charge in [0.25, 0.3) is 0 Å². The second-order valence-corrected chi connectivity index (χ2v) is 6.22. The zero-order valence-corrected chi connectivity index (χ0v) is 13.8. The van der Waals surface area contributed by atoms with Crippen molar-refractivity contribution in [1.82, 2.24) is 10.2 Å². The minimum absolute atomic E-state index is 0.122. The highest BCUT2D eigenvalue weighted by Gasteiger charge is 2.26. The van der Waals surface area contributed by atoms with Crippen molar-refractivity contribution in [1.29, 1.82) is 0 Å². The molecule has 0 unspecified atom stereocenters. The molecule has 0 fully saturated rings. The van der Waals surface area contributed by atoms with Crippen LogP contribution in [0.1, 0.15) is 43.7 Å². The van der Waals surface area contributed by atoms with Gasteiger partial charge in [-0.1, -0.05) is 48.8 Å². The van der Waals surface area contributed by atoms with Crippen LogP contribution >= 0.6 is 0 Å². The van der Waals surface area contributed by atoms with Crippen molar-refractivity contribution in [3.05, 3.63) is 41.3 Å².